The third-order valence-corrected chi connectivity index (χ3v) is 2.81. The molecule has 0 radical (unpaired) electrons. The molecule has 2 N–H and O–H groups in total. The summed E-state index contributed by atoms with van der Waals surface area (Å²) >= 11 is 0. The van der Waals surface area contributed by atoms with Crippen molar-refractivity contribution >= 4 is 17.5 Å². The molecule has 0 bridgehead atoms. The monoisotopic (exact) mass is 267 g/mol. The maximum absolute atomic E-state index is 8.65. The first kappa shape index (κ1) is 13.8. The molecule has 20 heavy (non-hydrogen) atoms. The third kappa shape index (κ3) is 3.45. The molecule has 0 aliphatic rings. The molecule has 0 saturated heterocycles. The van der Waals surface area contributed by atoms with Gasteiger partial charge >= 0.3 is 0 Å². The van der Waals surface area contributed by atoms with Crippen LogP contribution < -0.4 is 10.6 Å². The zero-order chi connectivity index (χ0) is 14.4. The van der Waals surface area contributed by atoms with Crippen LogP contribution in [-0.2, 0) is 6.42 Å². The number of rotatable bonds is 5. The molecule has 0 saturated carbocycles. The van der Waals surface area contributed by atoms with Gasteiger partial charge in [0.05, 0.1) is 12.5 Å². The molecule has 0 fully saturated rings. The molecule has 1 aromatic heterocycles. The summed E-state index contributed by atoms with van der Waals surface area (Å²) in [4.78, 5) is 8.64. The summed E-state index contributed by atoms with van der Waals surface area (Å²) in [6.07, 6.45) is 2.22. The first-order valence-corrected chi connectivity index (χ1v) is 6.53. The Balaban J connectivity index is 2.16. The lowest BCUT2D eigenvalue weighted by atomic mass is 10.1. The highest BCUT2D eigenvalue weighted by molar-refractivity contribution is 5.60. The van der Waals surface area contributed by atoms with E-state index in [9.17, 15) is 0 Å². The molecule has 2 aromatic rings. The number of benzene rings is 1. The molecule has 0 aliphatic carbocycles. The number of nitrogens with one attached hydrogen (secondary N) is 2. The molecule has 0 spiro atoms. The van der Waals surface area contributed by atoms with Gasteiger partial charge in [0.25, 0.3) is 0 Å². The summed E-state index contributed by atoms with van der Waals surface area (Å²) < 4.78 is 0. The Morgan fingerprint density at radius 1 is 1.25 bits per heavy atom. The van der Waals surface area contributed by atoms with E-state index in [2.05, 4.69) is 26.7 Å². The maximum atomic E-state index is 8.65. The van der Waals surface area contributed by atoms with Crippen molar-refractivity contribution < 1.29 is 0 Å². The van der Waals surface area contributed by atoms with Gasteiger partial charge in [0, 0.05) is 24.0 Å². The smallest absolute Gasteiger partial charge is 0.224 e. The van der Waals surface area contributed by atoms with E-state index in [-0.39, 0.29) is 0 Å². The molecule has 2 rings (SSSR count). The predicted molar refractivity (Wildman–Crippen MR) is 80.0 cm³/mol. The van der Waals surface area contributed by atoms with E-state index in [1.807, 2.05) is 38.1 Å². The van der Waals surface area contributed by atoms with E-state index >= 15 is 0 Å². The molecule has 0 atom stereocenters. The molecule has 5 nitrogen and oxygen atoms in total. The minimum absolute atomic E-state index is 0.428. The van der Waals surface area contributed by atoms with Crippen molar-refractivity contribution in [3.8, 4) is 6.07 Å². The zero-order valence-corrected chi connectivity index (χ0v) is 11.6. The molecule has 1 heterocycles. The predicted octanol–water partition coefficient (Wildman–Crippen LogP) is 3.03. The van der Waals surface area contributed by atoms with Crippen molar-refractivity contribution in [3.63, 3.8) is 0 Å². The molecule has 0 unspecified atom stereocenters. The molecule has 102 valence electrons. The van der Waals surface area contributed by atoms with E-state index in [0.717, 1.165) is 29.2 Å². The van der Waals surface area contributed by atoms with Gasteiger partial charge in [-0.2, -0.15) is 10.2 Å². The van der Waals surface area contributed by atoms with Crippen LogP contribution in [0.3, 0.4) is 0 Å². The van der Waals surface area contributed by atoms with Gasteiger partial charge in [-0.05, 0) is 31.5 Å². The van der Waals surface area contributed by atoms with Crippen LogP contribution in [-0.4, -0.2) is 16.5 Å². The fourth-order valence-electron chi connectivity index (χ4n) is 1.75. The van der Waals surface area contributed by atoms with Gasteiger partial charge in [0.1, 0.15) is 5.82 Å². The molecule has 0 amide bonds. The number of nitriles is 1. The van der Waals surface area contributed by atoms with Crippen molar-refractivity contribution in [2.75, 3.05) is 17.2 Å². The third-order valence-electron chi connectivity index (χ3n) is 2.81. The average molecular weight is 267 g/mol. The van der Waals surface area contributed by atoms with E-state index < -0.39 is 0 Å². The van der Waals surface area contributed by atoms with Crippen molar-refractivity contribution in [2.45, 2.75) is 20.3 Å². The lowest BCUT2D eigenvalue weighted by Gasteiger charge is -2.10. The Kier molecular flexibility index (Phi) is 4.51. The van der Waals surface area contributed by atoms with Gasteiger partial charge in [-0.25, -0.2) is 4.98 Å². The van der Waals surface area contributed by atoms with Gasteiger partial charge < -0.3 is 10.6 Å². The minimum atomic E-state index is 0.428. The SMILES string of the molecule is CCNc1ncc(C)c(Nc2ccc(CC#N)cc2)n1. The van der Waals surface area contributed by atoms with Crippen LogP contribution in [0.1, 0.15) is 18.1 Å². The molecular formula is C15H17N5. The Hall–Kier alpha value is -2.61. The first-order chi connectivity index (χ1) is 9.72. The van der Waals surface area contributed by atoms with Crippen molar-refractivity contribution in [1.29, 1.82) is 5.26 Å². The van der Waals surface area contributed by atoms with Gasteiger partial charge in [-0.1, -0.05) is 12.1 Å². The van der Waals surface area contributed by atoms with Crippen molar-refractivity contribution in [3.05, 3.63) is 41.6 Å². The quantitative estimate of drug-likeness (QED) is 0.871. The summed E-state index contributed by atoms with van der Waals surface area (Å²) in [6, 6.07) is 9.90. The number of hydrogen-bond donors (Lipinski definition) is 2. The Labute approximate surface area is 118 Å². The lowest BCUT2D eigenvalue weighted by molar-refractivity contribution is 1.07. The maximum Gasteiger partial charge on any atom is 0.224 e. The fourth-order valence-corrected chi connectivity index (χ4v) is 1.75. The highest BCUT2D eigenvalue weighted by Gasteiger charge is 2.04. The zero-order valence-electron chi connectivity index (χ0n) is 11.6. The fraction of sp³-hybridized carbons (Fsp3) is 0.267. The highest BCUT2D eigenvalue weighted by atomic mass is 15.1. The van der Waals surface area contributed by atoms with E-state index in [4.69, 9.17) is 5.26 Å². The second kappa shape index (κ2) is 6.53. The van der Waals surface area contributed by atoms with Crippen LogP contribution in [0.25, 0.3) is 0 Å². The van der Waals surface area contributed by atoms with E-state index in [1.165, 1.54) is 0 Å². The van der Waals surface area contributed by atoms with E-state index in [0.29, 0.717) is 12.4 Å². The molecular weight excluding hydrogens is 250 g/mol. The van der Waals surface area contributed by atoms with E-state index in [1.54, 1.807) is 6.20 Å². The topological polar surface area (TPSA) is 73.6 Å². The second-order valence-electron chi connectivity index (χ2n) is 4.41. The van der Waals surface area contributed by atoms with Crippen molar-refractivity contribution in [1.82, 2.24) is 9.97 Å². The van der Waals surface area contributed by atoms with Gasteiger partial charge in [0.15, 0.2) is 0 Å². The molecule has 5 heteroatoms. The number of aromatic nitrogens is 2. The Bertz CT molecular complexity index is 613. The van der Waals surface area contributed by atoms with Crippen LogP contribution in [0.4, 0.5) is 17.5 Å². The number of nitrogens with zero attached hydrogens (tertiary/aromatic N) is 3. The standard InChI is InChI=1S/C15H17N5/c1-3-17-15-18-10-11(2)14(20-15)19-13-6-4-12(5-7-13)8-9-16/h4-7,10H,3,8H2,1-2H3,(H2,17,18,19,20). The normalized spacial score (nSPS) is 9.85. The van der Waals surface area contributed by atoms with Crippen LogP contribution in [0.5, 0.6) is 0 Å². The summed E-state index contributed by atoms with van der Waals surface area (Å²) in [6.45, 7) is 4.75. The van der Waals surface area contributed by atoms with Crippen LogP contribution in [0.15, 0.2) is 30.5 Å². The summed E-state index contributed by atoms with van der Waals surface area (Å²) in [7, 11) is 0. The number of aryl methyl sites for hydroxylation is 1. The van der Waals surface area contributed by atoms with Crippen LogP contribution >= 0.6 is 0 Å². The van der Waals surface area contributed by atoms with Gasteiger partial charge in [-0.3, -0.25) is 0 Å². The Morgan fingerprint density at radius 3 is 2.65 bits per heavy atom. The van der Waals surface area contributed by atoms with Crippen molar-refractivity contribution in [2.24, 2.45) is 0 Å². The lowest BCUT2D eigenvalue weighted by Crippen LogP contribution is -2.05. The summed E-state index contributed by atoms with van der Waals surface area (Å²) in [5, 5.41) is 15.0. The van der Waals surface area contributed by atoms with Gasteiger partial charge in [-0.15, -0.1) is 0 Å². The molecule has 0 aliphatic heterocycles. The Morgan fingerprint density at radius 2 is 2.00 bits per heavy atom. The number of anilines is 3. The van der Waals surface area contributed by atoms with Crippen LogP contribution in [0, 0.1) is 18.3 Å². The summed E-state index contributed by atoms with van der Waals surface area (Å²) in [5.41, 5.74) is 2.93. The first-order valence-electron chi connectivity index (χ1n) is 6.53. The number of hydrogen-bond acceptors (Lipinski definition) is 5. The van der Waals surface area contributed by atoms with Gasteiger partial charge in [0.2, 0.25) is 5.95 Å². The minimum Gasteiger partial charge on any atom is -0.354 e. The molecule has 1 aromatic carbocycles. The average Bonchev–Trinajstić information content (AvgIpc) is 2.45. The van der Waals surface area contributed by atoms with Crippen LogP contribution in [0.2, 0.25) is 0 Å². The second-order valence-corrected chi connectivity index (χ2v) is 4.41. The largest absolute Gasteiger partial charge is 0.354 e. The highest BCUT2D eigenvalue weighted by Crippen LogP contribution is 2.19. The summed E-state index contributed by atoms with van der Waals surface area (Å²) in [5.74, 6) is 1.39.